The van der Waals surface area contributed by atoms with E-state index in [0.717, 1.165) is 16.3 Å². The number of H-pyrrole nitrogens is 1. The monoisotopic (exact) mass is 389 g/mol. The van der Waals surface area contributed by atoms with Gasteiger partial charge in [-0.2, -0.15) is 4.39 Å². The fourth-order valence-electron chi connectivity index (χ4n) is 2.94. The first-order chi connectivity index (χ1) is 13.4. The summed E-state index contributed by atoms with van der Waals surface area (Å²) in [5.74, 6) is -1.73. The van der Waals surface area contributed by atoms with Crippen molar-refractivity contribution in [1.29, 1.82) is 0 Å². The number of nitrogens with zero attached hydrogens (tertiary/aromatic N) is 4. The first-order valence-electron chi connectivity index (χ1n) is 8.34. The SMILES string of the molecule is Cc1ccccc1C(=O)OC[C@H]1O[C@@H](n2cc(F)c(=O)[nH]c2=O)C[C@@H]1N=[N+]=[N-]. The number of carbonyl (C=O) groups excluding carboxylic acids is 1. The second-order valence-corrected chi connectivity index (χ2v) is 6.19. The summed E-state index contributed by atoms with van der Waals surface area (Å²) in [6.45, 7) is 1.53. The number of rotatable bonds is 5. The molecule has 1 N–H and O–H groups in total. The van der Waals surface area contributed by atoms with Gasteiger partial charge < -0.3 is 9.47 Å². The fourth-order valence-corrected chi connectivity index (χ4v) is 2.94. The van der Waals surface area contributed by atoms with Crippen molar-refractivity contribution in [1.82, 2.24) is 9.55 Å². The Balaban J connectivity index is 1.76. The number of ether oxygens (including phenoxy) is 2. The normalized spacial score (nSPS) is 21.1. The molecule has 3 atom stereocenters. The van der Waals surface area contributed by atoms with E-state index in [-0.39, 0.29) is 13.0 Å². The largest absolute Gasteiger partial charge is 0.459 e. The maximum atomic E-state index is 13.5. The van der Waals surface area contributed by atoms with E-state index in [0.29, 0.717) is 5.56 Å². The number of azide groups is 1. The molecule has 0 saturated carbocycles. The zero-order valence-corrected chi connectivity index (χ0v) is 14.7. The summed E-state index contributed by atoms with van der Waals surface area (Å²) in [5.41, 5.74) is 7.86. The molecule has 0 bridgehead atoms. The Bertz CT molecular complexity index is 1060. The van der Waals surface area contributed by atoms with Crippen LogP contribution in [0, 0.1) is 12.7 Å². The summed E-state index contributed by atoms with van der Waals surface area (Å²) in [6, 6.07) is 6.12. The summed E-state index contributed by atoms with van der Waals surface area (Å²) >= 11 is 0. The minimum Gasteiger partial charge on any atom is -0.459 e. The van der Waals surface area contributed by atoms with Gasteiger partial charge in [-0.05, 0) is 24.1 Å². The van der Waals surface area contributed by atoms with Crippen LogP contribution in [0.2, 0.25) is 0 Å². The van der Waals surface area contributed by atoms with Gasteiger partial charge in [-0.3, -0.25) is 14.3 Å². The smallest absolute Gasteiger partial charge is 0.338 e. The molecular weight excluding hydrogens is 373 g/mol. The summed E-state index contributed by atoms with van der Waals surface area (Å²) in [7, 11) is 0. The Labute approximate surface area is 157 Å². The number of aryl methyl sites for hydroxylation is 1. The third-order valence-electron chi connectivity index (χ3n) is 4.38. The highest BCUT2D eigenvalue weighted by atomic mass is 19.1. The van der Waals surface area contributed by atoms with Crippen molar-refractivity contribution in [2.75, 3.05) is 6.61 Å². The van der Waals surface area contributed by atoms with E-state index in [4.69, 9.17) is 15.0 Å². The number of carbonyl (C=O) groups is 1. The number of aromatic amines is 1. The molecule has 0 amide bonds. The van der Waals surface area contributed by atoms with Gasteiger partial charge in [0.05, 0.1) is 17.8 Å². The van der Waals surface area contributed by atoms with E-state index in [1.807, 2.05) is 4.98 Å². The number of hydrogen-bond acceptors (Lipinski definition) is 6. The lowest BCUT2D eigenvalue weighted by Crippen LogP contribution is -2.34. The van der Waals surface area contributed by atoms with Crippen LogP contribution in [0.5, 0.6) is 0 Å². The van der Waals surface area contributed by atoms with E-state index < -0.39 is 41.4 Å². The van der Waals surface area contributed by atoms with Crippen LogP contribution >= 0.6 is 0 Å². The van der Waals surface area contributed by atoms with Gasteiger partial charge in [0.2, 0.25) is 5.82 Å². The molecule has 28 heavy (non-hydrogen) atoms. The van der Waals surface area contributed by atoms with Gasteiger partial charge in [0.1, 0.15) is 18.9 Å². The molecule has 146 valence electrons. The van der Waals surface area contributed by atoms with Crippen molar-refractivity contribution in [2.45, 2.75) is 31.7 Å². The average molecular weight is 389 g/mol. The van der Waals surface area contributed by atoms with Crippen molar-refractivity contribution in [2.24, 2.45) is 5.11 Å². The van der Waals surface area contributed by atoms with Gasteiger partial charge in [0.25, 0.3) is 5.56 Å². The first kappa shape index (κ1) is 19.3. The van der Waals surface area contributed by atoms with Crippen molar-refractivity contribution in [3.05, 3.63) is 78.7 Å². The number of esters is 1. The highest BCUT2D eigenvalue weighted by Crippen LogP contribution is 2.30. The minimum atomic E-state index is -1.15. The highest BCUT2D eigenvalue weighted by molar-refractivity contribution is 5.90. The molecule has 1 fully saturated rings. The Morgan fingerprint density at radius 1 is 1.46 bits per heavy atom. The summed E-state index contributed by atoms with van der Waals surface area (Å²) < 4.78 is 25.3. The highest BCUT2D eigenvalue weighted by Gasteiger charge is 2.37. The number of aromatic nitrogens is 2. The quantitative estimate of drug-likeness (QED) is 0.359. The molecule has 1 aliphatic rings. The predicted molar refractivity (Wildman–Crippen MR) is 94.2 cm³/mol. The van der Waals surface area contributed by atoms with E-state index in [2.05, 4.69) is 10.0 Å². The first-order valence-corrected chi connectivity index (χ1v) is 8.34. The van der Waals surface area contributed by atoms with Gasteiger partial charge in [0, 0.05) is 11.3 Å². The Morgan fingerprint density at radius 2 is 2.21 bits per heavy atom. The molecular formula is C17H16FN5O5. The van der Waals surface area contributed by atoms with Crippen molar-refractivity contribution in [3.63, 3.8) is 0 Å². The van der Waals surface area contributed by atoms with Gasteiger partial charge in [0.15, 0.2) is 0 Å². The Morgan fingerprint density at radius 3 is 2.93 bits per heavy atom. The molecule has 1 aliphatic heterocycles. The number of benzene rings is 1. The molecule has 2 aromatic rings. The van der Waals surface area contributed by atoms with Gasteiger partial charge in [-0.1, -0.05) is 23.3 Å². The molecule has 11 heteroatoms. The molecule has 2 heterocycles. The molecule has 10 nitrogen and oxygen atoms in total. The van der Waals surface area contributed by atoms with Crippen molar-refractivity contribution in [3.8, 4) is 0 Å². The Kier molecular flexibility index (Phi) is 5.57. The number of halogens is 1. The summed E-state index contributed by atoms with van der Waals surface area (Å²) in [6.07, 6.45) is -1.06. The van der Waals surface area contributed by atoms with Gasteiger partial charge in [-0.15, -0.1) is 0 Å². The van der Waals surface area contributed by atoms with Crippen LogP contribution in [-0.4, -0.2) is 34.3 Å². The summed E-state index contributed by atoms with van der Waals surface area (Å²) in [5, 5.41) is 3.60. The third kappa shape index (κ3) is 3.95. The van der Waals surface area contributed by atoms with Gasteiger partial charge in [-0.25, -0.2) is 9.59 Å². The Hall–Kier alpha value is -3.43. The van der Waals surface area contributed by atoms with E-state index in [1.54, 1.807) is 31.2 Å². The number of hydrogen-bond donors (Lipinski definition) is 1. The lowest BCUT2D eigenvalue weighted by atomic mass is 10.1. The van der Waals surface area contributed by atoms with Crippen LogP contribution in [-0.2, 0) is 9.47 Å². The second-order valence-electron chi connectivity index (χ2n) is 6.19. The van der Waals surface area contributed by atoms with Crippen LogP contribution in [0.15, 0.2) is 45.2 Å². The predicted octanol–water partition coefficient (Wildman–Crippen LogP) is 1.81. The molecule has 0 aliphatic carbocycles. The molecule has 3 rings (SSSR count). The average Bonchev–Trinajstić information content (AvgIpc) is 3.06. The van der Waals surface area contributed by atoms with Crippen molar-refractivity contribution >= 4 is 5.97 Å². The van der Waals surface area contributed by atoms with Crippen LogP contribution in [0.1, 0.15) is 28.6 Å². The van der Waals surface area contributed by atoms with Crippen molar-refractivity contribution < 1.29 is 18.7 Å². The fraction of sp³-hybridized carbons (Fsp3) is 0.353. The zero-order valence-electron chi connectivity index (χ0n) is 14.7. The van der Waals surface area contributed by atoms with E-state index in [9.17, 15) is 18.8 Å². The third-order valence-corrected chi connectivity index (χ3v) is 4.38. The maximum absolute atomic E-state index is 13.5. The maximum Gasteiger partial charge on any atom is 0.338 e. The molecule has 1 aromatic carbocycles. The summed E-state index contributed by atoms with van der Waals surface area (Å²) in [4.78, 5) is 39.9. The zero-order chi connectivity index (χ0) is 20.3. The lowest BCUT2D eigenvalue weighted by Gasteiger charge is -2.17. The van der Waals surface area contributed by atoms with E-state index >= 15 is 0 Å². The lowest BCUT2D eigenvalue weighted by molar-refractivity contribution is -0.0366. The minimum absolute atomic E-state index is 0.0437. The molecule has 1 saturated heterocycles. The van der Waals surface area contributed by atoms with Crippen LogP contribution < -0.4 is 11.2 Å². The van der Waals surface area contributed by atoms with E-state index in [1.165, 1.54) is 0 Å². The van der Waals surface area contributed by atoms with Crippen LogP contribution in [0.3, 0.4) is 0 Å². The molecule has 0 unspecified atom stereocenters. The van der Waals surface area contributed by atoms with Crippen LogP contribution in [0.25, 0.3) is 10.4 Å². The molecule has 1 aromatic heterocycles. The standard InChI is InChI=1S/C17H16FN5O5/c1-9-4-2-3-5-10(9)16(25)27-8-13-12(21-22-19)6-14(28-13)23-7-11(18)15(24)20-17(23)26/h2-5,7,12-14H,6,8H2,1H3,(H,20,24,26)/t12-,13+,14+/m0/s1. The second kappa shape index (κ2) is 8.07. The molecule has 0 spiro atoms. The number of nitrogens with one attached hydrogen (secondary N) is 1. The topological polar surface area (TPSA) is 139 Å². The van der Waals surface area contributed by atoms with Crippen LogP contribution in [0.4, 0.5) is 4.39 Å². The molecule has 0 radical (unpaired) electrons. The van der Waals surface area contributed by atoms with Gasteiger partial charge >= 0.3 is 11.7 Å².